The Kier molecular flexibility index (Phi) is 5.28. The largest absolute Gasteiger partial charge is 0.488 e. The van der Waals surface area contributed by atoms with Crippen LogP contribution in [0.15, 0.2) is 72.3 Å². The van der Waals surface area contributed by atoms with Gasteiger partial charge in [-0.05, 0) is 52.4 Å². The van der Waals surface area contributed by atoms with Crippen LogP contribution >= 0.6 is 22.6 Å². The lowest BCUT2D eigenvalue weighted by molar-refractivity contribution is 0.0990. The number of Topliss-reactive ketones (excluding diaryl/α,β-unsaturated/α-hetero) is 2. The summed E-state index contributed by atoms with van der Waals surface area (Å²) >= 11 is 2.15. The van der Waals surface area contributed by atoms with Crippen LogP contribution in [0, 0.1) is 14.9 Å². The molecule has 0 saturated carbocycles. The van der Waals surface area contributed by atoms with Gasteiger partial charge in [-0.25, -0.2) is 0 Å². The Hall–Kier alpha value is -3.24. The summed E-state index contributed by atoms with van der Waals surface area (Å²) in [5.74, 6) is 0.191. The van der Waals surface area contributed by atoms with Gasteiger partial charge in [0.25, 0.3) is 0 Å². The zero-order valence-electron chi connectivity index (χ0n) is 15.2. The lowest BCUT2D eigenvalue weighted by Crippen LogP contribution is -2.01. The molecule has 0 aromatic heterocycles. The van der Waals surface area contributed by atoms with E-state index in [1.54, 1.807) is 42.5 Å². The van der Waals surface area contributed by atoms with Crippen LogP contribution in [0.3, 0.4) is 0 Å². The number of ether oxygens (including phenoxy) is 1. The Labute approximate surface area is 181 Å². The second kappa shape index (κ2) is 8.02. The third-order valence-corrected chi connectivity index (χ3v) is 5.54. The molecule has 0 spiro atoms. The number of hydrogen-bond donors (Lipinski definition) is 0. The fourth-order valence-electron chi connectivity index (χ4n) is 3.20. The summed E-state index contributed by atoms with van der Waals surface area (Å²) in [6.07, 6.45) is 1.63. The minimum Gasteiger partial charge on any atom is -0.488 e. The van der Waals surface area contributed by atoms with E-state index in [0.29, 0.717) is 22.4 Å². The van der Waals surface area contributed by atoms with Gasteiger partial charge in [-0.1, -0.05) is 48.5 Å². The lowest BCUT2D eigenvalue weighted by Gasteiger charge is -2.10. The van der Waals surface area contributed by atoms with Crippen molar-refractivity contribution < 1.29 is 14.3 Å². The van der Waals surface area contributed by atoms with Crippen LogP contribution < -0.4 is 4.74 Å². The predicted molar refractivity (Wildman–Crippen MR) is 118 cm³/mol. The van der Waals surface area contributed by atoms with Crippen LogP contribution in [-0.4, -0.2) is 11.6 Å². The van der Waals surface area contributed by atoms with Crippen LogP contribution in [0.4, 0.5) is 0 Å². The Morgan fingerprint density at radius 3 is 2.24 bits per heavy atom. The first-order valence-corrected chi connectivity index (χ1v) is 9.97. The number of hydrogen-bond acceptors (Lipinski definition) is 4. The third kappa shape index (κ3) is 3.71. The molecule has 1 aliphatic carbocycles. The minimum atomic E-state index is -0.242. The molecule has 0 radical (unpaired) electrons. The van der Waals surface area contributed by atoms with E-state index in [2.05, 4.69) is 28.7 Å². The fourth-order valence-corrected chi connectivity index (χ4v) is 3.90. The molecule has 0 fully saturated rings. The first-order valence-electron chi connectivity index (χ1n) is 8.89. The Morgan fingerprint density at radius 1 is 0.931 bits per heavy atom. The van der Waals surface area contributed by atoms with E-state index in [-0.39, 0.29) is 23.7 Å². The molecule has 0 N–H and O–H groups in total. The maximum Gasteiger partial charge on any atom is 0.197 e. The van der Waals surface area contributed by atoms with E-state index in [1.807, 2.05) is 30.3 Å². The van der Waals surface area contributed by atoms with E-state index < -0.39 is 0 Å². The van der Waals surface area contributed by atoms with Crippen molar-refractivity contribution in [1.82, 2.24) is 0 Å². The first kappa shape index (κ1) is 19.1. The summed E-state index contributed by atoms with van der Waals surface area (Å²) in [5, 5.41) is 9.18. The Bertz CT molecular complexity index is 1180. The minimum absolute atomic E-state index is 0.179. The van der Waals surface area contributed by atoms with E-state index in [0.717, 1.165) is 14.7 Å². The highest BCUT2D eigenvalue weighted by molar-refractivity contribution is 14.1. The molecule has 0 bridgehead atoms. The summed E-state index contributed by atoms with van der Waals surface area (Å²) in [5.41, 5.74) is 3.24. The van der Waals surface area contributed by atoms with Crippen molar-refractivity contribution in [2.45, 2.75) is 6.61 Å². The quantitative estimate of drug-likeness (QED) is 0.286. The number of nitriles is 1. The molecule has 0 unspecified atom stereocenters. The third-order valence-electron chi connectivity index (χ3n) is 4.69. The van der Waals surface area contributed by atoms with E-state index in [9.17, 15) is 14.9 Å². The number of halogens is 1. The molecule has 140 valence electrons. The normalized spacial score (nSPS) is 12.5. The number of allylic oxidation sites excluding steroid dienone is 1. The summed E-state index contributed by atoms with van der Waals surface area (Å²) in [6, 6.07) is 21.8. The van der Waals surface area contributed by atoms with Crippen LogP contribution in [0.2, 0.25) is 0 Å². The van der Waals surface area contributed by atoms with Crippen LogP contribution in [0.1, 0.15) is 37.4 Å². The lowest BCUT2D eigenvalue weighted by atomic mass is 10.1. The van der Waals surface area contributed by atoms with E-state index >= 15 is 0 Å². The SMILES string of the molecule is N#Cc1ccccc1COc1ccc(C=C2C(=O)c3ccccc3C2=O)cc1I. The van der Waals surface area contributed by atoms with Crippen LogP contribution in [0.5, 0.6) is 5.75 Å². The molecule has 4 rings (SSSR count). The Morgan fingerprint density at radius 2 is 1.59 bits per heavy atom. The highest BCUT2D eigenvalue weighted by atomic mass is 127. The molecule has 5 heteroatoms. The van der Waals surface area contributed by atoms with Crippen molar-refractivity contribution >= 4 is 40.2 Å². The van der Waals surface area contributed by atoms with Gasteiger partial charge in [0.1, 0.15) is 12.4 Å². The van der Waals surface area contributed by atoms with Crippen molar-refractivity contribution in [3.8, 4) is 11.8 Å². The van der Waals surface area contributed by atoms with Gasteiger partial charge < -0.3 is 4.74 Å². The van der Waals surface area contributed by atoms with Gasteiger partial charge in [-0.15, -0.1) is 0 Å². The predicted octanol–water partition coefficient (Wildman–Crippen LogP) is 5.20. The average molecular weight is 491 g/mol. The van der Waals surface area contributed by atoms with Crippen molar-refractivity contribution in [2.75, 3.05) is 0 Å². The molecule has 0 atom stereocenters. The van der Waals surface area contributed by atoms with Gasteiger partial charge in [0.05, 0.1) is 20.8 Å². The molecule has 4 nitrogen and oxygen atoms in total. The molecule has 0 amide bonds. The van der Waals surface area contributed by atoms with Crippen LogP contribution in [-0.2, 0) is 6.61 Å². The molecule has 0 heterocycles. The van der Waals surface area contributed by atoms with Gasteiger partial charge in [-0.2, -0.15) is 5.26 Å². The highest BCUT2D eigenvalue weighted by Gasteiger charge is 2.32. The number of carbonyl (C=O) groups is 2. The number of ketones is 2. The first-order chi connectivity index (χ1) is 14.1. The van der Waals surface area contributed by atoms with Crippen LogP contribution in [0.25, 0.3) is 6.08 Å². The second-order valence-electron chi connectivity index (χ2n) is 6.51. The number of benzene rings is 3. The molecular formula is C24H14INO3. The molecule has 1 aliphatic rings. The molecule has 0 saturated heterocycles. The van der Waals surface area contributed by atoms with Gasteiger partial charge in [0.15, 0.2) is 11.6 Å². The molecule has 3 aromatic carbocycles. The summed E-state index contributed by atoms with van der Waals surface area (Å²) in [4.78, 5) is 25.1. The molecule has 3 aromatic rings. The number of carbonyl (C=O) groups excluding carboxylic acids is 2. The second-order valence-corrected chi connectivity index (χ2v) is 7.67. The van der Waals surface area contributed by atoms with Gasteiger partial charge in [0.2, 0.25) is 0 Å². The zero-order valence-corrected chi connectivity index (χ0v) is 17.3. The standard InChI is InChI=1S/C24H14INO3/c25-21-12-15(11-20-23(27)18-7-3-4-8-19(18)24(20)28)9-10-22(21)29-14-17-6-2-1-5-16(17)13-26/h1-12H,14H2. The van der Waals surface area contributed by atoms with Crippen molar-refractivity contribution in [2.24, 2.45) is 0 Å². The van der Waals surface area contributed by atoms with E-state index in [4.69, 9.17) is 4.74 Å². The maximum atomic E-state index is 12.5. The van der Waals surface area contributed by atoms with Crippen molar-refractivity contribution in [1.29, 1.82) is 5.26 Å². The fraction of sp³-hybridized carbons (Fsp3) is 0.0417. The van der Waals surface area contributed by atoms with Gasteiger partial charge in [0, 0.05) is 16.7 Å². The molecule has 0 aliphatic heterocycles. The van der Waals surface area contributed by atoms with Crippen molar-refractivity contribution in [3.05, 3.63) is 104 Å². The smallest absolute Gasteiger partial charge is 0.197 e. The Balaban J connectivity index is 1.56. The summed E-state index contributed by atoms with van der Waals surface area (Å²) in [6.45, 7) is 0.284. The number of nitrogens with zero attached hydrogens (tertiary/aromatic N) is 1. The topological polar surface area (TPSA) is 67.2 Å². The van der Waals surface area contributed by atoms with E-state index in [1.165, 1.54) is 0 Å². The average Bonchev–Trinajstić information content (AvgIpc) is 2.98. The number of fused-ring (bicyclic) bond motifs is 1. The zero-order chi connectivity index (χ0) is 20.4. The summed E-state index contributed by atoms with van der Waals surface area (Å²) in [7, 11) is 0. The van der Waals surface area contributed by atoms with Gasteiger partial charge >= 0.3 is 0 Å². The van der Waals surface area contributed by atoms with Gasteiger partial charge in [-0.3, -0.25) is 9.59 Å². The maximum absolute atomic E-state index is 12.5. The molecule has 29 heavy (non-hydrogen) atoms. The highest BCUT2D eigenvalue weighted by Crippen LogP contribution is 2.29. The number of rotatable bonds is 4. The monoisotopic (exact) mass is 491 g/mol. The molecular weight excluding hydrogens is 477 g/mol. The summed E-state index contributed by atoms with van der Waals surface area (Å²) < 4.78 is 6.72. The van der Waals surface area contributed by atoms with Crippen molar-refractivity contribution in [3.63, 3.8) is 0 Å².